The minimum atomic E-state index is -2.11. The van der Waals surface area contributed by atoms with Crippen molar-refractivity contribution < 1.29 is 14.4 Å². The summed E-state index contributed by atoms with van der Waals surface area (Å²) in [7, 11) is -0.649. The van der Waals surface area contributed by atoms with Gasteiger partial charge < -0.3 is 14.1 Å². The molecule has 2 rings (SSSR count). The van der Waals surface area contributed by atoms with E-state index in [2.05, 4.69) is 39.0 Å². The van der Waals surface area contributed by atoms with Crippen LogP contribution in [0.4, 0.5) is 5.69 Å². The van der Waals surface area contributed by atoms with E-state index in [1.165, 1.54) is 7.11 Å². The maximum atomic E-state index is 13.0. The molecule has 0 unspecified atom stereocenters. The van der Waals surface area contributed by atoms with Crippen molar-refractivity contribution in [3.05, 3.63) is 23.8 Å². The highest BCUT2D eigenvalue weighted by Crippen LogP contribution is 2.45. The topological polar surface area (TPSA) is 51.1 Å². The minimum absolute atomic E-state index is 0.0179. The van der Waals surface area contributed by atoms with Gasteiger partial charge in [0.1, 0.15) is 12.9 Å². The van der Waals surface area contributed by atoms with Crippen molar-refractivity contribution in [3.8, 4) is 5.75 Å². The van der Waals surface area contributed by atoms with Crippen LogP contribution in [0.5, 0.6) is 5.75 Å². The Balaban J connectivity index is 2.65. The fourth-order valence-electron chi connectivity index (χ4n) is 2.55. The largest absolute Gasteiger partial charge is 0.494 e. The third-order valence-corrected chi connectivity index (χ3v) is 9.99. The van der Waals surface area contributed by atoms with Crippen molar-refractivity contribution in [2.24, 2.45) is 5.16 Å². The summed E-state index contributed by atoms with van der Waals surface area (Å²) in [5.41, 5.74) is 2.06. The van der Waals surface area contributed by atoms with E-state index >= 15 is 0 Å². The molecule has 0 fully saturated rings. The lowest BCUT2D eigenvalue weighted by Gasteiger charge is -2.43. The van der Waals surface area contributed by atoms with Crippen LogP contribution in [0.15, 0.2) is 23.4 Å². The molecule has 0 aliphatic carbocycles. The van der Waals surface area contributed by atoms with Gasteiger partial charge >= 0.3 is 0 Å². The van der Waals surface area contributed by atoms with Gasteiger partial charge in [-0.3, -0.25) is 4.79 Å². The van der Waals surface area contributed by atoms with Crippen molar-refractivity contribution in [1.82, 2.24) is 0 Å². The lowest BCUT2D eigenvalue weighted by molar-refractivity contribution is -0.111. The number of oxime groups is 1. The number of hydrogen-bond acceptors (Lipinski definition) is 4. The monoisotopic (exact) mass is 334 g/mol. The number of benzene rings is 1. The van der Waals surface area contributed by atoms with Crippen molar-refractivity contribution in [2.75, 3.05) is 18.3 Å². The maximum absolute atomic E-state index is 13.0. The second-order valence-electron chi connectivity index (χ2n) is 7.18. The van der Waals surface area contributed by atoms with Crippen molar-refractivity contribution in [3.63, 3.8) is 0 Å². The lowest BCUT2D eigenvalue weighted by atomic mass is 10.1. The zero-order chi connectivity index (χ0) is 17.4. The van der Waals surface area contributed by atoms with Gasteiger partial charge in [0.25, 0.3) is 5.91 Å². The molecule has 0 atom stereocenters. The predicted molar refractivity (Wildman–Crippen MR) is 95.8 cm³/mol. The molecule has 0 radical (unpaired) electrons. The van der Waals surface area contributed by atoms with Crippen LogP contribution in [-0.4, -0.2) is 33.6 Å². The Morgan fingerprint density at radius 2 is 1.91 bits per heavy atom. The van der Waals surface area contributed by atoms with E-state index < -0.39 is 8.24 Å². The smallest absolute Gasteiger partial charge is 0.273 e. The summed E-state index contributed by atoms with van der Waals surface area (Å²) < 4.78 is 7.56. The second kappa shape index (κ2) is 6.00. The molecule has 1 heterocycles. The van der Waals surface area contributed by atoms with Gasteiger partial charge in [-0.15, -0.1) is 0 Å². The van der Waals surface area contributed by atoms with Crippen LogP contribution in [0.3, 0.4) is 0 Å². The van der Waals surface area contributed by atoms with Gasteiger partial charge in [-0.05, 0) is 24.1 Å². The Hall–Kier alpha value is -1.82. The Morgan fingerprint density at radius 1 is 1.26 bits per heavy atom. The number of fused-ring (bicyclic) bond motifs is 1. The van der Waals surface area contributed by atoms with E-state index in [9.17, 15) is 4.79 Å². The normalized spacial score (nSPS) is 16.7. The summed E-state index contributed by atoms with van der Waals surface area (Å²) in [6, 6.07) is 5.70. The molecule has 23 heavy (non-hydrogen) atoms. The van der Waals surface area contributed by atoms with E-state index in [4.69, 9.17) is 9.57 Å². The molecule has 0 bridgehead atoms. The molecule has 0 saturated carbocycles. The number of ether oxygens (including phenoxy) is 1. The first-order valence-corrected chi connectivity index (χ1v) is 10.8. The van der Waals surface area contributed by atoms with Gasteiger partial charge in [0, 0.05) is 17.3 Å². The Kier molecular flexibility index (Phi) is 4.57. The van der Waals surface area contributed by atoms with Crippen LogP contribution in [0, 0.1) is 0 Å². The van der Waals surface area contributed by atoms with E-state index in [0.717, 1.165) is 17.0 Å². The number of nitrogens with zero attached hydrogens (tertiary/aromatic N) is 2. The third kappa shape index (κ3) is 2.87. The van der Waals surface area contributed by atoms with E-state index in [-0.39, 0.29) is 10.9 Å². The van der Waals surface area contributed by atoms with Crippen LogP contribution >= 0.6 is 0 Å². The standard InChI is InChI=1S/C17H26N2O3Si/c1-8-22-12-9-10-13-14(11-12)19(16(20)15(13)18-21-5)23(6,7)17(2,3)4/h9-11H,8H2,1-7H3/b18-15+. The molecule has 0 aromatic heterocycles. The summed E-state index contributed by atoms with van der Waals surface area (Å²) in [4.78, 5) is 17.9. The Morgan fingerprint density at radius 3 is 2.43 bits per heavy atom. The van der Waals surface area contributed by atoms with E-state index in [0.29, 0.717) is 12.3 Å². The summed E-state index contributed by atoms with van der Waals surface area (Å²) in [6.45, 7) is 13.5. The van der Waals surface area contributed by atoms with Gasteiger partial charge in [0.05, 0.1) is 6.61 Å². The van der Waals surface area contributed by atoms with Crippen LogP contribution in [0.2, 0.25) is 18.1 Å². The molecular weight excluding hydrogens is 308 g/mol. The van der Waals surface area contributed by atoms with Crippen LogP contribution in [0.25, 0.3) is 0 Å². The van der Waals surface area contributed by atoms with E-state index in [1.807, 2.05) is 29.7 Å². The number of rotatable bonds is 4. The van der Waals surface area contributed by atoms with Gasteiger partial charge in [-0.1, -0.05) is 39.0 Å². The van der Waals surface area contributed by atoms with Crippen LogP contribution in [0.1, 0.15) is 33.3 Å². The lowest BCUT2D eigenvalue weighted by Crippen LogP contribution is -2.57. The highest BCUT2D eigenvalue weighted by atomic mass is 28.3. The molecular formula is C17H26N2O3Si. The van der Waals surface area contributed by atoms with Crippen molar-refractivity contribution >= 4 is 25.5 Å². The summed E-state index contributed by atoms with van der Waals surface area (Å²) in [5.74, 6) is 0.684. The summed E-state index contributed by atoms with van der Waals surface area (Å²) in [5, 5.41) is 3.99. The Bertz CT molecular complexity index is 648. The van der Waals surface area contributed by atoms with Crippen LogP contribution in [-0.2, 0) is 9.63 Å². The molecule has 1 aromatic carbocycles. The fourth-order valence-corrected chi connectivity index (χ4v) is 4.63. The molecule has 0 N–H and O–H groups in total. The average Bonchev–Trinajstić information content (AvgIpc) is 2.71. The molecule has 126 valence electrons. The third-order valence-electron chi connectivity index (χ3n) is 4.76. The first kappa shape index (κ1) is 17.5. The highest BCUT2D eigenvalue weighted by Gasteiger charge is 2.50. The number of amides is 1. The highest BCUT2D eigenvalue weighted by molar-refractivity contribution is 6.90. The number of carbonyl (C=O) groups is 1. The molecule has 1 amide bonds. The summed E-state index contributed by atoms with van der Waals surface area (Å²) >= 11 is 0. The quantitative estimate of drug-likeness (QED) is 0.622. The fraction of sp³-hybridized carbons (Fsp3) is 0.529. The van der Waals surface area contributed by atoms with Gasteiger partial charge in [0.15, 0.2) is 13.9 Å². The molecule has 0 saturated heterocycles. The van der Waals surface area contributed by atoms with Gasteiger partial charge in [-0.2, -0.15) is 0 Å². The molecule has 0 spiro atoms. The predicted octanol–water partition coefficient (Wildman–Crippen LogP) is 3.79. The number of anilines is 1. The maximum Gasteiger partial charge on any atom is 0.273 e. The number of carbonyl (C=O) groups excluding carboxylic acids is 1. The zero-order valence-electron chi connectivity index (χ0n) is 15.1. The molecule has 1 aromatic rings. The summed E-state index contributed by atoms with van der Waals surface area (Å²) in [6.07, 6.45) is 0. The number of hydrogen-bond donors (Lipinski definition) is 0. The van der Waals surface area contributed by atoms with Crippen molar-refractivity contribution in [2.45, 2.75) is 45.8 Å². The first-order chi connectivity index (χ1) is 10.6. The zero-order valence-corrected chi connectivity index (χ0v) is 16.1. The minimum Gasteiger partial charge on any atom is -0.494 e. The van der Waals surface area contributed by atoms with Gasteiger partial charge in [0.2, 0.25) is 0 Å². The molecule has 5 nitrogen and oxygen atoms in total. The van der Waals surface area contributed by atoms with Gasteiger partial charge in [-0.25, -0.2) is 0 Å². The molecule has 1 aliphatic heterocycles. The Labute approximate surface area is 139 Å². The van der Waals surface area contributed by atoms with Crippen LogP contribution < -0.4 is 9.30 Å². The second-order valence-corrected chi connectivity index (χ2v) is 12.2. The molecule has 6 heteroatoms. The van der Waals surface area contributed by atoms with E-state index in [1.54, 1.807) is 0 Å². The first-order valence-electron chi connectivity index (χ1n) is 7.88. The SMILES string of the molecule is CCOc1ccc2c(c1)N([Si](C)(C)C(C)(C)C)C(=O)/C2=N/OC. The van der Waals surface area contributed by atoms with Crippen molar-refractivity contribution in [1.29, 1.82) is 0 Å². The molecule has 1 aliphatic rings. The average molecular weight is 334 g/mol.